The summed E-state index contributed by atoms with van der Waals surface area (Å²) < 4.78 is 7.69. The molecule has 0 aliphatic carbocycles. The minimum atomic E-state index is -2.19. The van der Waals surface area contributed by atoms with E-state index in [-0.39, 0.29) is 20.8 Å². The molecule has 0 unspecified atom stereocenters. The Bertz CT molecular complexity index is 1780. The van der Waals surface area contributed by atoms with Crippen molar-refractivity contribution in [2.75, 3.05) is 0 Å². The number of allylic oxidation sites excluding steroid dienone is 3. The average molecular weight is 721 g/mol. The summed E-state index contributed by atoms with van der Waals surface area (Å²) >= 11 is 4.28. The lowest BCUT2D eigenvalue weighted by Gasteiger charge is -2.43. The summed E-state index contributed by atoms with van der Waals surface area (Å²) in [7, 11) is -3.79. The van der Waals surface area contributed by atoms with Gasteiger partial charge in [0.05, 0.1) is 16.1 Å². The standard InChI is InChI=1S/C42H46OP2S2Si/c1-39(2,3)37(43-48(7,8)40(4,5)6)38-44-41(33-25-17-11-18-26-33,29-35(46-44)31-21-13-9-14-22-31)42(34-27-19-12-20-28-34)30-36(47-45(38)42)32-23-15-10-16-24-32/h9-30H,1-8H3/t41-,42-,44+,45+/m1/s1. The molecule has 246 valence electrons. The molecule has 0 saturated carbocycles. The first-order valence-corrected chi connectivity index (χ1v) is 25.3. The van der Waals surface area contributed by atoms with Crippen molar-refractivity contribution < 1.29 is 4.43 Å². The zero-order valence-electron chi connectivity index (χ0n) is 29.3. The van der Waals surface area contributed by atoms with E-state index in [2.05, 4.69) is 211 Å². The van der Waals surface area contributed by atoms with Crippen molar-refractivity contribution in [3.8, 4) is 0 Å². The molecule has 1 saturated heterocycles. The van der Waals surface area contributed by atoms with Gasteiger partial charge in [-0.1, -0.05) is 198 Å². The van der Waals surface area contributed by atoms with Gasteiger partial charge in [0.2, 0.25) is 8.32 Å². The second-order valence-electron chi connectivity index (χ2n) is 15.6. The Hall–Kier alpha value is -2.32. The lowest BCUT2D eigenvalue weighted by molar-refractivity contribution is 0.274. The van der Waals surface area contributed by atoms with Crippen molar-refractivity contribution in [2.24, 2.45) is 5.41 Å². The minimum absolute atomic E-state index is 0.0861. The van der Waals surface area contributed by atoms with Gasteiger partial charge in [0.15, 0.2) is 0 Å². The first-order valence-electron chi connectivity index (χ1n) is 16.9. The monoisotopic (exact) mass is 720 g/mol. The Morgan fingerprint density at radius 3 is 1.25 bits per heavy atom. The maximum Gasteiger partial charge on any atom is 0.250 e. The quantitative estimate of drug-likeness (QED) is 0.111. The third-order valence-electron chi connectivity index (χ3n) is 10.3. The molecule has 4 atom stereocenters. The Morgan fingerprint density at radius 1 is 0.562 bits per heavy atom. The minimum Gasteiger partial charge on any atom is -0.545 e. The third kappa shape index (κ3) is 5.46. The highest BCUT2D eigenvalue weighted by atomic mass is 32.7. The second kappa shape index (κ2) is 12.5. The van der Waals surface area contributed by atoms with Crippen molar-refractivity contribution in [3.63, 3.8) is 0 Å². The average Bonchev–Trinajstić information content (AvgIpc) is 3.72. The van der Waals surface area contributed by atoms with E-state index in [1.165, 1.54) is 37.8 Å². The fraction of sp³-hybridized carbons (Fsp3) is 0.286. The van der Waals surface area contributed by atoms with Crippen LogP contribution in [0.1, 0.15) is 63.8 Å². The van der Waals surface area contributed by atoms with E-state index >= 15 is 0 Å². The van der Waals surface area contributed by atoms with Gasteiger partial charge in [0.1, 0.15) is 0 Å². The summed E-state index contributed by atoms with van der Waals surface area (Å²) in [4.78, 5) is 2.78. The van der Waals surface area contributed by atoms with Crippen LogP contribution in [0.4, 0.5) is 0 Å². The van der Waals surface area contributed by atoms with Gasteiger partial charge < -0.3 is 4.43 Å². The van der Waals surface area contributed by atoms with Gasteiger partial charge in [0.25, 0.3) is 0 Å². The Kier molecular flexibility index (Phi) is 8.87. The van der Waals surface area contributed by atoms with Crippen molar-refractivity contribution in [2.45, 2.75) is 70.0 Å². The molecule has 1 nitrogen and oxygen atoms in total. The normalized spacial score (nSPS) is 25.3. The SMILES string of the molecule is CC(C)(C)C(O[Si](C)(C)C(C)(C)C)=C1[P@]2SC(c3ccccc3)=C[C@@]2(c2ccccc2)[C@]2(c3ccccc3)C=C(c3ccccc3)S[P@@]12. The summed E-state index contributed by atoms with van der Waals surface area (Å²) in [6.07, 6.45) is 5.42. The van der Waals surface area contributed by atoms with Crippen LogP contribution in [0.3, 0.4) is 0 Å². The third-order valence-corrected chi connectivity index (χ3v) is 27.3. The molecule has 4 aromatic rings. The second-order valence-corrected chi connectivity index (χ2v) is 28.6. The molecule has 3 aliphatic heterocycles. The lowest BCUT2D eigenvalue weighted by atomic mass is 9.78. The largest absolute Gasteiger partial charge is 0.545 e. The highest BCUT2D eigenvalue weighted by Crippen LogP contribution is 3.03. The smallest absolute Gasteiger partial charge is 0.250 e. The molecule has 0 aromatic heterocycles. The van der Waals surface area contributed by atoms with Gasteiger partial charge in [0, 0.05) is 34.5 Å². The lowest BCUT2D eigenvalue weighted by Crippen LogP contribution is -2.42. The molecule has 0 N–H and O–H groups in total. The zero-order chi connectivity index (χ0) is 34.0. The summed E-state index contributed by atoms with van der Waals surface area (Å²) in [6, 6.07) is 45.2. The molecule has 3 aliphatic rings. The van der Waals surface area contributed by atoms with Crippen LogP contribution in [-0.4, -0.2) is 8.32 Å². The Labute approximate surface area is 299 Å². The van der Waals surface area contributed by atoms with Gasteiger partial charge in [-0.15, -0.1) is 0 Å². The van der Waals surface area contributed by atoms with Gasteiger partial charge in [-0.2, -0.15) is 0 Å². The number of hydrogen-bond acceptors (Lipinski definition) is 3. The number of hydrogen-bond donors (Lipinski definition) is 0. The van der Waals surface area contributed by atoms with Gasteiger partial charge in [-0.05, 0) is 40.4 Å². The Balaban J connectivity index is 1.64. The molecule has 0 spiro atoms. The number of rotatable bonds is 6. The van der Waals surface area contributed by atoms with Crippen LogP contribution in [0, 0.1) is 5.41 Å². The van der Waals surface area contributed by atoms with Crippen LogP contribution < -0.4 is 0 Å². The molecular weight excluding hydrogens is 675 g/mol. The van der Waals surface area contributed by atoms with E-state index in [1.54, 1.807) is 5.06 Å². The maximum atomic E-state index is 7.69. The van der Waals surface area contributed by atoms with Crippen LogP contribution in [-0.2, 0) is 14.7 Å². The van der Waals surface area contributed by atoms with Crippen LogP contribution >= 0.6 is 37.0 Å². The van der Waals surface area contributed by atoms with Gasteiger partial charge >= 0.3 is 0 Å². The van der Waals surface area contributed by atoms with E-state index in [0.717, 1.165) is 0 Å². The topological polar surface area (TPSA) is 9.23 Å². The van der Waals surface area contributed by atoms with E-state index in [9.17, 15) is 0 Å². The fourth-order valence-electron chi connectivity index (χ4n) is 6.75. The zero-order valence-corrected chi connectivity index (χ0v) is 33.7. The maximum absolute atomic E-state index is 7.69. The molecule has 0 bridgehead atoms. The van der Waals surface area contributed by atoms with Crippen molar-refractivity contribution in [1.82, 2.24) is 0 Å². The van der Waals surface area contributed by atoms with Crippen LogP contribution in [0.25, 0.3) is 9.81 Å². The summed E-state index contributed by atoms with van der Waals surface area (Å²) in [5, 5.41) is 1.16. The van der Waals surface area contributed by atoms with Crippen LogP contribution in [0.2, 0.25) is 18.1 Å². The van der Waals surface area contributed by atoms with E-state index in [1.807, 2.05) is 0 Å². The molecule has 6 heteroatoms. The predicted molar refractivity (Wildman–Crippen MR) is 219 cm³/mol. The van der Waals surface area contributed by atoms with Gasteiger partial charge in [-0.3, -0.25) is 0 Å². The first-order chi connectivity index (χ1) is 22.8. The Morgan fingerprint density at radius 2 is 0.917 bits per heavy atom. The van der Waals surface area contributed by atoms with Crippen LogP contribution in [0.5, 0.6) is 0 Å². The molecule has 3 heterocycles. The van der Waals surface area contributed by atoms with Crippen molar-refractivity contribution in [1.29, 1.82) is 0 Å². The van der Waals surface area contributed by atoms with Crippen LogP contribution in [0.15, 0.2) is 144 Å². The van der Waals surface area contributed by atoms with E-state index in [0.29, 0.717) is 0 Å². The molecular formula is C42H46OP2S2Si. The first kappa shape index (κ1) is 34.1. The van der Waals surface area contributed by atoms with Crippen molar-refractivity contribution >= 4 is 55.1 Å². The van der Waals surface area contributed by atoms with Crippen molar-refractivity contribution in [3.05, 3.63) is 167 Å². The highest BCUT2D eigenvalue weighted by molar-refractivity contribution is 8.70. The van der Waals surface area contributed by atoms with E-state index < -0.39 is 22.6 Å². The molecule has 0 amide bonds. The summed E-state index contributed by atoms with van der Waals surface area (Å²) in [5.41, 5.74) is 5.28. The van der Waals surface area contributed by atoms with E-state index in [4.69, 9.17) is 4.43 Å². The highest BCUT2D eigenvalue weighted by Gasteiger charge is 2.72. The molecule has 1 fully saturated rings. The molecule has 0 radical (unpaired) electrons. The molecule has 48 heavy (non-hydrogen) atoms. The summed E-state index contributed by atoms with van der Waals surface area (Å²) in [5.74, 6) is 1.26. The predicted octanol–water partition coefficient (Wildman–Crippen LogP) is 14.4. The fourth-order valence-corrected chi connectivity index (χ4v) is 25.3. The summed E-state index contributed by atoms with van der Waals surface area (Å²) in [6.45, 7) is 19.1. The number of benzene rings is 4. The molecule has 7 rings (SSSR count). The molecule has 4 aromatic carbocycles. The van der Waals surface area contributed by atoms with Gasteiger partial charge in [-0.25, -0.2) is 0 Å². The number of fused-ring (bicyclic) bond motifs is 3.